The summed E-state index contributed by atoms with van der Waals surface area (Å²) in [6.45, 7) is 13.2. The standard InChI is InChI=1S/C69H86N8O15/c1-40(2)62(77-68(86)88-38-55-53-15-10-8-13-51(53)52-14-9-11-16-54(52)55)65(83)76-56(17-12-32-71-66(70)84)64(82)73-48-27-23-47(24-28-48)37-87-67(85)74-49-25-21-46(22-26-49)36-72-61(80)34-50-35-69(39-89-69)63(81)59(92-50)30-19-41(3)18-29-58-42(4)33-57(44(6)91-58)75-60(79)31-20-43(5)90-45(7)78/h8-11,13-16,18-28,30-31,40,42-44,50,55-59,62-63,81H,12,17,29,32-39H2,1-7H3,(H,72,80)(H,73,82)(H,74,85)(H,75,79)(H,76,83)(H,77,86)(H3,70,71,84)/b30-19+,31-20-,41-18+/t42-,43-,44+,50+,56+,57+,58-,59+,62+,63+,69+/m0/s1. The summed E-state index contributed by atoms with van der Waals surface area (Å²) in [7, 11) is 0. The minimum atomic E-state index is -1.08. The Morgan fingerprint density at radius 1 is 0.772 bits per heavy atom. The van der Waals surface area contributed by atoms with E-state index in [0.717, 1.165) is 39.8 Å². The number of epoxide rings is 1. The Balaban J connectivity index is 0.743. The van der Waals surface area contributed by atoms with E-state index in [-0.39, 0.29) is 87.5 Å². The zero-order chi connectivity index (χ0) is 66.1. The zero-order valence-electron chi connectivity index (χ0n) is 53.1. The molecular weight excluding hydrogens is 1180 g/mol. The van der Waals surface area contributed by atoms with Crippen LogP contribution in [0.5, 0.6) is 0 Å². The first-order chi connectivity index (χ1) is 44.0. The summed E-state index contributed by atoms with van der Waals surface area (Å²) in [6.07, 6.45) is 6.39. The maximum atomic E-state index is 13.8. The Hall–Kier alpha value is -8.90. The number of anilines is 2. The van der Waals surface area contributed by atoms with Crippen LogP contribution in [0.4, 0.5) is 25.8 Å². The number of carbonyl (C=O) groups excluding carboxylic acids is 8. The minimum Gasteiger partial charge on any atom is -0.459 e. The van der Waals surface area contributed by atoms with Crippen LogP contribution in [0.1, 0.15) is 115 Å². The lowest BCUT2D eigenvalue weighted by molar-refractivity contribution is -0.145. The van der Waals surface area contributed by atoms with Crippen LogP contribution in [0.15, 0.2) is 133 Å². The Bertz CT molecular complexity index is 3300. The van der Waals surface area contributed by atoms with Crippen LogP contribution in [-0.4, -0.2) is 133 Å². The number of hydrogen-bond acceptors (Lipinski definition) is 15. The van der Waals surface area contributed by atoms with Gasteiger partial charge in [0.1, 0.15) is 49.2 Å². The first kappa shape index (κ1) is 69.0. The van der Waals surface area contributed by atoms with Crippen LogP contribution in [0.25, 0.3) is 11.1 Å². The van der Waals surface area contributed by atoms with E-state index in [4.69, 9.17) is 34.2 Å². The van der Waals surface area contributed by atoms with Gasteiger partial charge in [-0.1, -0.05) is 117 Å². The minimum absolute atomic E-state index is 0.0482. The fraction of sp³-hybridized carbons (Fsp3) is 0.449. The highest BCUT2D eigenvalue weighted by Crippen LogP contribution is 2.45. The summed E-state index contributed by atoms with van der Waals surface area (Å²) < 4.78 is 34.6. The normalized spacial score (nSPS) is 22.7. The van der Waals surface area contributed by atoms with Gasteiger partial charge >= 0.3 is 24.2 Å². The van der Waals surface area contributed by atoms with Crippen molar-refractivity contribution in [2.45, 2.75) is 166 Å². The van der Waals surface area contributed by atoms with Crippen LogP contribution in [0, 0.1) is 11.8 Å². The smallest absolute Gasteiger partial charge is 0.411 e. The summed E-state index contributed by atoms with van der Waals surface area (Å²) in [5.74, 6) is -2.54. The van der Waals surface area contributed by atoms with Crippen LogP contribution in [0.2, 0.25) is 0 Å². The van der Waals surface area contributed by atoms with Crippen molar-refractivity contribution in [1.29, 1.82) is 0 Å². The van der Waals surface area contributed by atoms with Crippen molar-refractivity contribution in [3.8, 4) is 11.1 Å². The quantitative estimate of drug-likeness (QED) is 0.00685. The van der Waals surface area contributed by atoms with Gasteiger partial charge in [0.05, 0.1) is 37.4 Å². The molecule has 3 fully saturated rings. The number of amides is 8. The Morgan fingerprint density at radius 2 is 1.42 bits per heavy atom. The van der Waals surface area contributed by atoms with E-state index >= 15 is 0 Å². The number of aliphatic hydroxyl groups excluding tert-OH is 1. The molecule has 3 heterocycles. The molecule has 1 aliphatic carbocycles. The number of nitrogens with one attached hydrogen (secondary N) is 7. The molecule has 11 atom stereocenters. The van der Waals surface area contributed by atoms with E-state index in [2.05, 4.69) is 50.2 Å². The third kappa shape index (κ3) is 19.8. The molecule has 0 radical (unpaired) electrons. The summed E-state index contributed by atoms with van der Waals surface area (Å²) in [5, 5.41) is 30.6. The number of hydrogen-bond donors (Lipinski definition) is 9. The van der Waals surface area contributed by atoms with Crippen molar-refractivity contribution in [3.63, 3.8) is 0 Å². The van der Waals surface area contributed by atoms with Gasteiger partial charge < -0.3 is 71.2 Å². The van der Waals surface area contributed by atoms with Crippen molar-refractivity contribution in [1.82, 2.24) is 26.6 Å². The van der Waals surface area contributed by atoms with Crippen LogP contribution in [0.3, 0.4) is 0 Å². The van der Waals surface area contributed by atoms with E-state index in [0.29, 0.717) is 36.4 Å². The molecule has 10 N–H and O–H groups in total. The third-order valence-electron chi connectivity index (χ3n) is 16.8. The summed E-state index contributed by atoms with van der Waals surface area (Å²) in [6, 6.07) is 26.3. The van der Waals surface area contributed by atoms with Crippen LogP contribution in [-0.2, 0) is 65.5 Å². The van der Waals surface area contributed by atoms with E-state index < -0.39 is 84.0 Å². The molecule has 4 aromatic carbocycles. The molecule has 8 amide bonds. The van der Waals surface area contributed by atoms with Gasteiger partial charge in [-0.3, -0.25) is 29.3 Å². The third-order valence-corrected chi connectivity index (χ3v) is 16.8. The molecule has 0 bridgehead atoms. The number of nitrogens with two attached hydrogens (primary N) is 1. The lowest BCUT2D eigenvalue weighted by Crippen LogP contribution is -2.54. The number of primary amides is 1. The maximum absolute atomic E-state index is 13.8. The molecule has 0 unspecified atom stereocenters. The molecule has 1 spiro atoms. The van der Waals surface area contributed by atoms with Gasteiger partial charge in [-0.25, -0.2) is 14.4 Å². The number of rotatable bonds is 27. The predicted molar refractivity (Wildman–Crippen MR) is 343 cm³/mol. The van der Waals surface area contributed by atoms with Gasteiger partial charge in [-0.2, -0.15) is 0 Å². The van der Waals surface area contributed by atoms with Crippen LogP contribution >= 0.6 is 0 Å². The predicted octanol–water partition coefficient (Wildman–Crippen LogP) is 7.86. The zero-order valence-corrected chi connectivity index (χ0v) is 53.1. The average molecular weight is 1270 g/mol. The molecule has 3 aliphatic heterocycles. The molecule has 492 valence electrons. The second-order valence-corrected chi connectivity index (χ2v) is 24.4. The molecule has 4 aromatic rings. The van der Waals surface area contributed by atoms with E-state index in [1.54, 1.807) is 75.4 Å². The molecule has 23 nitrogen and oxygen atoms in total. The highest BCUT2D eigenvalue weighted by Gasteiger charge is 2.58. The summed E-state index contributed by atoms with van der Waals surface area (Å²) in [4.78, 5) is 102. The number of alkyl carbamates (subject to hydrolysis) is 1. The number of fused-ring (bicyclic) bond motifs is 3. The molecular formula is C69H86N8O15. The van der Waals surface area contributed by atoms with Crippen molar-refractivity contribution in [2.75, 3.05) is 30.4 Å². The number of benzene rings is 4. The topological polar surface area (TPSA) is 326 Å². The molecule has 92 heavy (non-hydrogen) atoms. The van der Waals surface area contributed by atoms with E-state index in [9.17, 15) is 43.5 Å². The molecule has 8 rings (SSSR count). The first-order valence-corrected chi connectivity index (χ1v) is 31.3. The molecule has 23 heteroatoms. The number of ether oxygens (including phenoxy) is 6. The monoisotopic (exact) mass is 1270 g/mol. The Morgan fingerprint density at radius 3 is 2.07 bits per heavy atom. The maximum Gasteiger partial charge on any atom is 0.411 e. The lowest BCUT2D eigenvalue weighted by atomic mass is 9.87. The van der Waals surface area contributed by atoms with Gasteiger partial charge in [0, 0.05) is 49.8 Å². The molecule has 4 aliphatic rings. The number of esters is 1. The molecule has 0 aromatic heterocycles. The van der Waals surface area contributed by atoms with Gasteiger partial charge in [-0.05, 0) is 122 Å². The van der Waals surface area contributed by atoms with E-state index in [1.165, 1.54) is 19.1 Å². The van der Waals surface area contributed by atoms with Crippen molar-refractivity contribution >= 4 is 59.2 Å². The van der Waals surface area contributed by atoms with Crippen molar-refractivity contribution < 1.29 is 71.9 Å². The molecule has 3 saturated heterocycles. The van der Waals surface area contributed by atoms with Gasteiger partial charge in [0.15, 0.2) is 0 Å². The van der Waals surface area contributed by atoms with Gasteiger partial charge in [0.25, 0.3) is 0 Å². The Kier molecular flexibility index (Phi) is 24.3. The summed E-state index contributed by atoms with van der Waals surface area (Å²) >= 11 is 0. The summed E-state index contributed by atoms with van der Waals surface area (Å²) in [5.41, 5.74) is 11.9. The number of allylic oxidation sites excluding steroid dienone is 2. The second kappa shape index (κ2) is 32.4. The molecule has 0 saturated carbocycles. The van der Waals surface area contributed by atoms with Gasteiger partial charge in [-0.15, -0.1) is 0 Å². The number of carbonyl (C=O) groups is 8. The van der Waals surface area contributed by atoms with Crippen molar-refractivity contribution in [2.24, 2.45) is 17.6 Å². The number of urea groups is 1. The second-order valence-electron chi connectivity index (χ2n) is 24.4. The van der Waals surface area contributed by atoms with Crippen molar-refractivity contribution in [3.05, 3.63) is 155 Å². The lowest BCUT2D eigenvalue weighted by Gasteiger charge is -2.39. The van der Waals surface area contributed by atoms with Gasteiger partial charge in [0.2, 0.25) is 23.6 Å². The SMILES string of the molecule is CC(=O)O[C@@H](C)/C=C\C(=O)N[C@@H]1C[C@H](C)[C@H](C/C=C(C)/C=C/[C@H]2O[C@H](CC(=O)NCc3ccc(NC(=O)OCc4ccc(NC(=O)[C@@H](CCCNC(N)=O)NC(=O)[C@H](NC(=O)OCC5c6ccccc6-c6ccccc65)C(C)C)cc4)cc3)C[C@@]3(CO3)[C@@H]2O)O[C@@H]1C. The first-order valence-electron chi connectivity index (χ1n) is 31.3. The largest absolute Gasteiger partial charge is 0.459 e. The van der Waals surface area contributed by atoms with Crippen LogP contribution < -0.4 is 43.0 Å². The van der Waals surface area contributed by atoms with E-state index in [1.807, 2.05) is 68.5 Å². The fourth-order valence-corrected chi connectivity index (χ4v) is 11.6. The number of aliphatic hydroxyl groups is 1. The highest BCUT2D eigenvalue weighted by atomic mass is 16.6. The fourth-order valence-electron chi connectivity index (χ4n) is 11.6. The highest BCUT2D eigenvalue weighted by molar-refractivity contribution is 5.98. The average Bonchev–Trinajstić information content (AvgIpc) is 1.61. The Labute approximate surface area is 536 Å².